The second-order valence-electron chi connectivity index (χ2n) is 6.45. The lowest BCUT2D eigenvalue weighted by atomic mass is 9.95. The highest BCUT2D eigenvalue weighted by Gasteiger charge is 2.23. The molecule has 0 aliphatic heterocycles. The molecule has 24 heavy (non-hydrogen) atoms. The van der Waals surface area contributed by atoms with Crippen molar-refractivity contribution in [3.05, 3.63) is 51.8 Å². The number of aryl methyl sites for hydroxylation is 1. The second kappa shape index (κ2) is 7.36. The molecule has 0 radical (unpaired) electrons. The van der Waals surface area contributed by atoms with Crippen molar-refractivity contribution in [2.45, 2.75) is 31.7 Å². The van der Waals surface area contributed by atoms with Crippen molar-refractivity contribution in [2.24, 2.45) is 0 Å². The van der Waals surface area contributed by atoms with E-state index in [1.54, 1.807) is 0 Å². The predicted molar refractivity (Wildman–Crippen MR) is 95.4 cm³/mol. The maximum absolute atomic E-state index is 12.6. The Labute approximate surface area is 147 Å². The van der Waals surface area contributed by atoms with E-state index in [0.29, 0.717) is 17.3 Å². The fourth-order valence-electron chi connectivity index (χ4n) is 3.26. The van der Waals surface area contributed by atoms with Gasteiger partial charge in [0.25, 0.3) is 5.91 Å². The molecule has 0 saturated carbocycles. The number of fused-ring (bicyclic) bond motifs is 1. The second-order valence-corrected chi connectivity index (χ2v) is 6.85. The lowest BCUT2D eigenvalue weighted by Crippen LogP contribution is -2.35. The average Bonchev–Trinajstić information content (AvgIpc) is 3.00. The molecule has 1 aromatic carbocycles. The van der Waals surface area contributed by atoms with Crippen molar-refractivity contribution in [3.63, 3.8) is 0 Å². The van der Waals surface area contributed by atoms with Gasteiger partial charge in [0, 0.05) is 22.8 Å². The number of hydrogen-bond donors (Lipinski definition) is 2. The summed E-state index contributed by atoms with van der Waals surface area (Å²) < 4.78 is 0. The molecule has 0 fully saturated rings. The highest BCUT2D eigenvalue weighted by atomic mass is 35.5. The minimum absolute atomic E-state index is 0.0115. The van der Waals surface area contributed by atoms with Gasteiger partial charge in [-0.05, 0) is 51.4 Å². The number of amides is 1. The maximum atomic E-state index is 12.6. The third-order valence-electron chi connectivity index (χ3n) is 4.61. The van der Waals surface area contributed by atoms with Crippen LogP contribution in [0.15, 0.2) is 24.3 Å². The van der Waals surface area contributed by atoms with E-state index in [2.05, 4.69) is 20.4 Å². The fraction of sp³-hybridized carbons (Fsp3) is 0.444. The van der Waals surface area contributed by atoms with Gasteiger partial charge in [-0.3, -0.25) is 9.89 Å². The number of benzene rings is 1. The van der Waals surface area contributed by atoms with Gasteiger partial charge < -0.3 is 10.2 Å². The highest BCUT2D eigenvalue weighted by Crippen LogP contribution is 2.26. The van der Waals surface area contributed by atoms with Crippen molar-refractivity contribution < 1.29 is 4.79 Å². The van der Waals surface area contributed by atoms with E-state index in [1.165, 1.54) is 0 Å². The number of nitrogens with zero attached hydrogens (tertiary/aromatic N) is 2. The number of carbonyl (C=O) groups excluding carboxylic acids is 1. The molecule has 1 amide bonds. The first kappa shape index (κ1) is 17.0. The van der Waals surface area contributed by atoms with Crippen molar-refractivity contribution in [2.75, 3.05) is 20.6 Å². The van der Waals surface area contributed by atoms with Crippen LogP contribution in [-0.4, -0.2) is 41.6 Å². The lowest BCUT2D eigenvalue weighted by molar-refractivity contribution is 0.0936. The zero-order chi connectivity index (χ0) is 17.1. The fourth-order valence-corrected chi connectivity index (χ4v) is 3.52. The van der Waals surface area contributed by atoms with E-state index >= 15 is 0 Å². The number of carbonyl (C=O) groups is 1. The standard InChI is InChI=1S/C18H23ClN4O/c1-23(2)16(12-7-3-5-9-14(12)19)11-20-18(24)17-13-8-4-6-10-15(13)21-22-17/h3,5,7,9,16H,4,6,8,10-11H2,1-2H3,(H,20,24)(H,21,22). The summed E-state index contributed by atoms with van der Waals surface area (Å²) in [6.45, 7) is 0.483. The van der Waals surface area contributed by atoms with E-state index in [-0.39, 0.29) is 11.9 Å². The summed E-state index contributed by atoms with van der Waals surface area (Å²) in [5.41, 5.74) is 3.74. The van der Waals surface area contributed by atoms with Crippen LogP contribution in [0.5, 0.6) is 0 Å². The summed E-state index contributed by atoms with van der Waals surface area (Å²) in [6, 6.07) is 7.75. The smallest absolute Gasteiger partial charge is 0.272 e. The Balaban J connectivity index is 1.72. The first-order valence-electron chi connectivity index (χ1n) is 8.33. The number of nitrogens with one attached hydrogen (secondary N) is 2. The van der Waals surface area contributed by atoms with Gasteiger partial charge >= 0.3 is 0 Å². The van der Waals surface area contributed by atoms with E-state index in [1.807, 2.05) is 38.4 Å². The summed E-state index contributed by atoms with van der Waals surface area (Å²) in [7, 11) is 3.97. The Hall–Kier alpha value is -1.85. The molecule has 0 spiro atoms. The van der Waals surface area contributed by atoms with Crippen LogP contribution in [0.4, 0.5) is 0 Å². The van der Waals surface area contributed by atoms with Crippen molar-refractivity contribution in [1.29, 1.82) is 0 Å². The molecule has 1 atom stereocenters. The minimum Gasteiger partial charge on any atom is -0.349 e. The summed E-state index contributed by atoms with van der Waals surface area (Å²) in [5, 5.41) is 11.0. The number of aromatic nitrogens is 2. The van der Waals surface area contributed by atoms with Gasteiger partial charge in [-0.25, -0.2) is 0 Å². The van der Waals surface area contributed by atoms with Crippen LogP contribution in [0.1, 0.15) is 46.2 Å². The Morgan fingerprint density at radius 2 is 2.08 bits per heavy atom. The van der Waals surface area contributed by atoms with Crippen molar-refractivity contribution >= 4 is 17.5 Å². The summed E-state index contributed by atoms with van der Waals surface area (Å²) in [6.07, 6.45) is 4.18. The number of halogens is 1. The molecule has 0 saturated heterocycles. The normalized spacial score (nSPS) is 15.2. The van der Waals surface area contributed by atoms with Crippen LogP contribution in [0.2, 0.25) is 5.02 Å². The molecule has 3 rings (SSSR count). The van der Waals surface area contributed by atoms with Crippen LogP contribution >= 0.6 is 11.6 Å². The van der Waals surface area contributed by atoms with Gasteiger partial charge in [0.2, 0.25) is 0 Å². The van der Waals surface area contributed by atoms with Crippen LogP contribution < -0.4 is 5.32 Å². The maximum Gasteiger partial charge on any atom is 0.272 e. The van der Waals surface area contributed by atoms with E-state index in [0.717, 1.165) is 42.5 Å². The first-order chi connectivity index (χ1) is 11.6. The predicted octanol–water partition coefficient (Wildman–Crippen LogP) is 2.97. The Morgan fingerprint density at radius 1 is 1.33 bits per heavy atom. The number of H-pyrrole nitrogens is 1. The van der Waals surface area contributed by atoms with Crippen LogP contribution in [0.3, 0.4) is 0 Å². The molecule has 2 N–H and O–H groups in total. The molecule has 5 nitrogen and oxygen atoms in total. The lowest BCUT2D eigenvalue weighted by Gasteiger charge is -2.26. The van der Waals surface area contributed by atoms with Crippen LogP contribution in [-0.2, 0) is 12.8 Å². The summed E-state index contributed by atoms with van der Waals surface area (Å²) >= 11 is 6.32. The number of rotatable bonds is 5. The van der Waals surface area contributed by atoms with E-state index in [4.69, 9.17) is 11.6 Å². The van der Waals surface area contributed by atoms with E-state index in [9.17, 15) is 4.79 Å². The largest absolute Gasteiger partial charge is 0.349 e. The van der Waals surface area contributed by atoms with Crippen LogP contribution in [0.25, 0.3) is 0 Å². The number of likely N-dealkylation sites (N-methyl/N-ethyl adjacent to an activating group) is 1. The van der Waals surface area contributed by atoms with E-state index < -0.39 is 0 Å². The van der Waals surface area contributed by atoms with Gasteiger partial charge in [-0.2, -0.15) is 5.10 Å². The molecular weight excluding hydrogens is 324 g/mol. The topological polar surface area (TPSA) is 61.0 Å². The SMILES string of the molecule is CN(C)C(CNC(=O)c1n[nH]c2c1CCCC2)c1ccccc1Cl. The molecule has 2 aromatic rings. The van der Waals surface area contributed by atoms with Gasteiger partial charge in [0.05, 0.1) is 6.04 Å². The summed E-state index contributed by atoms with van der Waals surface area (Å²) in [5.74, 6) is -0.117. The van der Waals surface area contributed by atoms with Crippen LogP contribution in [0, 0.1) is 0 Å². The highest BCUT2D eigenvalue weighted by molar-refractivity contribution is 6.31. The monoisotopic (exact) mass is 346 g/mol. The molecule has 1 aliphatic carbocycles. The van der Waals surface area contributed by atoms with Gasteiger partial charge in [0.15, 0.2) is 5.69 Å². The molecule has 1 aliphatic rings. The molecule has 1 aromatic heterocycles. The minimum atomic E-state index is -0.117. The molecular formula is C18H23ClN4O. The van der Waals surface area contributed by atoms with Gasteiger partial charge in [0.1, 0.15) is 0 Å². The molecule has 128 valence electrons. The summed E-state index contributed by atoms with van der Waals surface area (Å²) in [4.78, 5) is 14.6. The number of hydrogen-bond acceptors (Lipinski definition) is 3. The Morgan fingerprint density at radius 3 is 2.83 bits per heavy atom. The zero-order valence-corrected chi connectivity index (χ0v) is 14.9. The average molecular weight is 347 g/mol. The van der Waals surface area contributed by atoms with Crippen molar-refractivity contribution in [3.8, 4) is 0 Å². The van der Waals surface area contributed by atoms with Gasteiger partial charge in [-0.15, -0.1) is 0 Å². The molecule has 1 heterocycles. The Kier molecular flexibility index (Phi) is 5.21. The molecule has 1 unspecified atom stereocenters. The third kappa shape index (κ3) is 3.47. The van der Waals surface area contributed by atoms with Crippen molar-refractivity contribution in [1.82, 2.24) is 20.4 Å². The zero-order valence-electron chi connectivity index (χ0n) is 14.1. The Bertz CT molecular complexity index is 726. The quantitative estimate of drug-likeness (QED) is 0.875. The third-order valence-corrected chi connectivity index (χ3v) is 4.96. The molecule has 6 heteroatoms. The van der Waals surface area contributed by atoms with Gasteiger partial charge in [-0.1, -0.05) is 29.8 Å². The number of aromatic amines is 1. The first-order valence-corrected chi connectivity index (χ1v) is 8.71. The molecule has 0 bridgehead atoms.